The minimum absolute atomic E-state index is 0.104. The molecule has 0 N–H and O–H groups in total. The fourth-order valence-corrected chi connectivity index (χ4v) is 3.20. The van der Waals surface area contributed by atoms with Gasteiger partial charge in [0, 0.05) is 31.9 Å². The summed E-state index contributed by atoms with van der Waals surface area (Å²) in [5.41, 5.74) is 2.13. The number of carbonyl (C=O) groups excluding carboxylic acids is 1. The molecule has 1 aliphatic heterocycles. The Kier molecular flexibility index (Phi) is 6.33. The number of carbonyl (C=O) groups is 1. The zero-order valence-corrected chi connectivity index (χ0v) is 16.3. The Hall–Kier alpha value is -3.26. The van der Waals surface area contributed by atoms with Gasteiger partial charge in [0.25, 0.3) is 5.91 Å². The highest BCUT2D eigenvalue weighted by molar-refractivity contribution is 6.01. The van der Waals surface area contributed by atoms with Gasteiger partial charge in [-0.05, 0) is 49.8 Å². The molecule has 0 radical (unpaired) electrons. The fourth-order valence-electron chi connectivity index (χ4n) is 3.20. The van der Waals surface area contributed by atoms with Crippen LogP contribution in [0.25, 0.3) is 6.08 Å². The van der Waals surface area contributed by atoms with E-state index in [1.807, 2.05) is 56.3 Å². The molecule has 3 rings (SSSR count). The molecule has 1 aliphatic rings. The number of hydrogen-bond acceptors (Lipinski definition) is 4. The Morgan fingerprint density at radius 2 is 1.68 bits per heavy atom. The van der Waals surface area contributed by atoms with Crippen molar-refractivity contribution in [3.05, 3.63) is 65.7 Å². The van der Waals surface area contributed by atoms with Crippen LogP contribution in [0.2, 0.25) is 0 Å². The van der Waals surface area contributed by atoms with Gasteiger partial charge in [-0.2, -0.15) is 5.26 Å². The molecular weight excluding hydrogens is 350 g/mol. The zero-order valence-electron chi connectivity index (χ0n) is 16.3. The lowest BCUT2D eigenvalue weighted by molar-refractivity contribution is -0.126. The number of amides is 1. The molecule has 1 fully saturated rings. The largest absolute Gasteiger partial charge is 0.491 e. The van der Waals surface area contributed by atoms with Crippen molar-refractivity contribution in [1.29, 1.82) is 5.26 Å². The van der Waals surface area contributed by atoms with Gasteiger partial charge in [0.15, 0.2) is 0 Å². The third-order valence-electron chi connectivity index (χ3n) is 4.60. The summed E-state index contributed by atoms with van der Waals surface area (Å²) in [5, 5.41) is 9.49. The van der Waals surface area contributed by atoms with Gasteiger partial charge < -0.3 is 14.5 Å². The average molecular weight is 375 g/mol. The lowest BCUT2D eigenvalue weighted by Gasteiger charge is -2.36. The summed E-state index contributed by atoms with van der Waals surface area (Å²) in [6, 6.07) is 19.7. The Balaban J connectivity index is 1.64. The van der Waals surface area contributed by atoms with E-state index in [0.29, 0.717) is 13.1 Å². The Morgan fingerprint density at radius 1 is 1.04 bits per heavy atom. The van der Waals surface area contributed by atoms with Gasteiger partial charge in [-0.15, -0.1) is 0 Å². The average Bonchev–Trinajstić information content (AvgIpc) is 2.73. The van der Waals surface area contributed by atoms with Crippen LogP contribution in [0.1, 0.15) is 19.4 Å². The van der Waals surface area contributed by atoms with Gasteiger partial charge in [0.1, 0.15) is 17.4 Å². The van der Waals surface area contributed by atoms with Crippen LogP contribution in [-0.2, 0) is 4.79 Å². The molecule has 0 aromatic heterocycles. The van der Waals surface area contributed by atoms with E-state index in [4.69, 9.17) is 4.74 Å². The Labute approximate surface area is 166 Å². The van der Waals surface area contributed by atoms with Crippen molar-refractivity contribution in [2.24, 2.45) is 0 Å². The van der Waals surface area contributed by atoms with E-state index in [-0.39, 0.29) is 17.6 Å². The lowest BCUT2D eigenvalue weighted by Crippen LogP contribution is -2.49. The van der Waals surface area contributed by atoms with E-state index >= 15 is 0 Å². The standard InChI is InChI=1S/C23H25N3O2/c1-18(2)28-22-10-8-19(9-11-22)16-20(17-24)23(27)26-14-12-25(13-15-26)21-6-4-3-5-7-21/h3-11,16,18H,12-15H2,1-2H3/b20-16-. The number of piperazine rings is 1. The highest BCUT2D eigenvalue weighted by atomic mass is 16.5. The predicted octanol–water partition coefficient (Wildman–Crippen LogP) is 3.73. The number of hydrogen-bond donors (Lipinski definition) is 0. The molecule has 0 bridgehead atoms. The van der Waals surface area contributed by atoms with Crippen LogP contribution < -0.4 is 9.64 Å². The summed E-state index contributed by atoms with van der Waals surface area (Å²) >= 11 is 0. The van der Waals surface area contributed by atoms with Crippen molar-refractivity contribution >= 4 is 17.7 Å². The normalized spacial score (nSPS) is 14.7. The maximum absolute atomic E-state index is 12.8. The van der Waals surface area contributed by atoms with Crippen molar-refractivity contribution in [2.75, 3.05) is 31.1 Å². The molecule has 0 aliphatic carbocycles. The molecule has 0 saturated carbocycles. The highest BCUT2D eigenvalue weighted by Gasteiger charge is 2.23. The first-order valence-corrected chi connectivity index (χ1v) is 9.54. The first kappa shape index (κ1) is 19.5. The van der Waals surface area contributed by atoms with Crippen LogP contribution in [0, 0.1) is 11.3 Å². The molecule has 5 nitrogen and oxygen atoms in total. The molecule has 1 saturated heterocycles. The Bertz CT molecular complexity index is 859. The quantitative estimate of drug-likeness (QED) is 0.590. The summed E-state index contributed by atoms with van der Waals surface area (Å²) < 4.78 is 5.62. The van der Waals surface area contributed by atoms with E-state index in [0.717, 1.165) is 30.1 Å². The van der Waals surface area contributed by atoms with Crippen LogP contribution in [0.5, 0.6) is 5.75 Å². The van der Waals surface area contributed by atoms with Crippen LogP contribution in [-0.4, -0.2) is 43.1 Å². The lowest BCUT2D eigenvalue weighted by atomic mass is 10.1. The number of rotatable bonds is 5. The van der Waals surface area contributed by atoms with E-state index in [1.165, 1.54) is 0 Å². The molecule has 144 valence electrons. The van der Waals surface area contributed by atoms with E-state index in [1.54, 1.807) is 11.0 Å². The van der Waals surface area contributed by atoms with Crippen molar-refractivity contribution in [1.82, 2.24) is 4.90 Å². The maximum Gasteiger partial charge on any atom is 0.264 e. The van der Waals surface area contributed by atoms with Gasteiger partial charge in [-0.25, -0.2) is 0 Å². The molecule has 1 amide bonds. The molecule has 5 heteroatoms. The second-order valence-corrected chi connectivity index (χ2v) is 7.02. The predicted molar refractivity (Wildman–Crippen MR) is 111 cm³/mol. The van der Waals surface area contributed by atoms with Crippen molar-refractivity contribution < 1.29 is 9.53 Å². The molecule has 2 aromatic carbocycles. The van der Waals surface area contributed by atoms with Crippen LogP contribution >= 0.6 is 0 Å². The molecule has 0 unspecified atom stereocenters. The summed E-state index contributed by atoms with van der Waals surface area (Å²) in [6.45, 7) is 6.67. The topological polar surface area (TPSA) is 56.6 Å². The van der Waals surface area contributed by atoms with Gasteiger partial charge in [0.05, 0.1) is 6.10 Å². The second-order valence-electron chi connectivity index (χ2n) is 7.02. The van der Waals surface area contributed by atoms with Crippen molar-refractivity contribution in [3.63, 3.8) is 0 Å². The number of para-hydroxylation sites is 1. The minimum Gasteiger partial charge on any atom is -0.491 e. The summed E-state index contributed by atoms with van der Waals surface area (Å²) in [4.78, 5) is 16.8. The van der Waals surface area contributed by atoms with Crippen molar-refractivity contribution in [3.8, 4) is 11.8 Å². The van der Waals surface area contributed by atoms with Crippen LogP contribution in [0.3, 0.4) is 0 Å². The zero-order chi connectivity index (χ0) is 19.9. The number of ether oxygens (including phenoxy) is 1. The number of nitrogens with zero attached hydrogens (tertiary/aromatic N) is 3. The van der Waals surface area contributed by atoms with Gasteiger partial charge >= 0.3 is 0 Å². The molecule has 2 aromatic rings. The van der Waals surface area contributed by atoms with Gasteiger partial charge in [0.2, 0.25) is 0 Å². The van der Waals surface area contributed by atoms with Crippen molar-refractivity contribution in [2.45, 2.75) is 20.0 Å². The number of benzene rings is 2. The maximum atomic E-state index is 12.8. The molecule has 0 atom stereocenters. The summed E-state index contributed by atoms with van der Waals surface area (Å²) in [6.07, 6.45) is 1.75. The minimum atomic E-state index is -0.210. The molecular formula is C23H25N3O2. The SMILES string of the molecule is CC(C)Oc1ccc(/C=C(/C#N)C(=O)N2CCN(c3ccccc3)CC2)cc1. The smallest absolute Gasteiger partial charge is 0.264 e. The highest BCUT2D eigenvalue weighted by Crippen LogP contribution is 2.19. The van der Waals surface area contributed by atoms with Gasteiger partial charge in [-0.1, -0.05) is 30.3 Å². The number of anilines is 1. The van der Waals surface area contributed by atoms with Gasteiger partial charge in [-0.3, -0.25) is 4.79 Å². The molecule has 0 spiro atoms. The second kappa shape index (κ2) is 9.09. The molecule has 1 heterocycles. The van der Waals surface area contributed by atoms with Crippen LogP contribution in [0.4, 0.5) is 5.69 Å². The fraction of sp³-hybridized carbons (Fsp3) is 0.304. The van der Waals surface area contributed by atoms with E-state index < -0.39 is 0 Å². The summed E-state index contributed by atoms with van der Waals surface area (Å²) in [7, 11) is 0. The van der Waals surface area contributed by atoms with Crippen LogP contribution in [0.15, 0.2) is 60.2 Å². The summed E-state index contributed by atoms with van der Waals surface area (Å²) in [5.74, 6) is 0.562. The first-order chi connectivity index (χ1) is 13.6. The number of nitriles is 1. The Morgan fingerprint density at radius 3 is 2.25 bits per heavy atom. The monoisotopic (exact) mass is 375 g/mol. The van der Waals surface area contributed by atoms with E-state index in [9.17, 15) is 10.1 Å². The van der Waals surface area contributed by atoms with E-state index in [2.05, 4.69) is 23.1 Å². The third kappa shape index (κ3) is 4.92. The molecule has 28 heavy (non-hydrogen) atoms. The first-order valence-electron chi connectivity index (χ1n) is 9.54. The third-order valence-corrected chi connectivity index (χ3v) is 4.60.